The fourth-order valence-corrected chi connectivity index (χ4v) is 4.05. The molecule has 5 nitrogen and oxygen atoms in total. The van der Waals surface area contributed by atoms with E-state index in [1.807, 2.05) is 12.1 Å². The molecule has 1 unspecified atom stereocenters. The van der Waals surface area contributed by atoms with Crippen molar-refractivity contribution in [3.05, 3.63) is 35.4 Å². The zero-order valence-corrected chi connectivity index (χ0v) is 14.2. The smallest absolute Gasteiger partial charge is 0.315 e. The third-order valence-corrected chi connectivity index (χ3v) is 5.73. The molecular formula is C19H27N3O2. The van der Waals surface area contributed by atoms with Crippen molar-refractivity contribution >= 4 is 6.03 Å². The molecule has 1 aromatic carbocycles. The average molecular weight is 329 g/mol. The number of rotatable bonds is 3. The molecule has 0 spiro atoms. The Morgan fingerprint density at radius 1 is 1.08 bits per heavy atom. The Labute approximate surface area is 143 Å². The lowest BCUT2D eigenvalue weighted by atomic mass is 9.89. The molecule has 2 fully saturated rings. The van der Waals surface area contributed by atoms with Crippen LogP contribution in [0.25, 0.3) is 0 Å². The molecule has 0 aromatic heterocycles. The summed E-state index contributed by atoms with van der Waals surface area (Å²) in [4.78, 5) is 15.0. The molecule has 2 amide bonds. The molecule has 3 aliphatic rings. The van der Waals surface area contributed by atoms with Gasteiger partial charge in [0.25, 0.3) is 0 Å². The highest BCUT2D eigenvalue weighted by atomic mass is 16.5. The first-order valence-corrected chi connectivity index (χ1v) is 9.26. The number of urea groups is 1. The minimum Gasteiger partial charge on any atom is -0.374 e. The highest BCUT2D eigenvalue weighted by Crippen LogP contribution is 2.27. The fourth-order valence-electron chi connectivity index (χ4n) is 4.05. The quantitative estimate of drug-likeness (QED) is 0.896. The van der Waals surface area contributed by atoms with Crippen LogP contribution in [-0.4, -0.2) is 42.7 Å². The lowest BCUT2D eigenvalue weighted by Crippen LogP contribution is -2.52. The van der Waals surface area contributed by atoms with Crippen molar-refractivity contribution in [2.24, 2.45) is 0 Å². The number of carbonyl (C=O) groups excluding carboxylic acids is 1. The number of carbonyl (C=O) groups is 1. The van der Waals surface area contributed by atoms with Crippen molar-refractivity contribution in [2.75, 3.05) is 19.7 Å². The second kappa shape index (κ2) is 7.11. The first-order chi connectivity index (χ1) is 11.8. The summed E-state index contributed by atoms with van der Waals surface area (Å²) < 4.78 is 5.61. The van der Waals surface area contributed by atoms with Gasteiger partial charge in [-0.3, -0.25) is 0 Å². The second-order valence-corrected chi connectivity index (χ2v) is 7.28. The zero-order chi connectivity index (χ0) is 16.4. The number of fused-ring (bicyclic) bond motifs is 1. The van der Waals surface area contributed by atoms with Crippen LogP contribution in [0.1, 0.15) is 49.3 Å². The number of ether oxygens (including phenoxy) is 1. The minimum absolute atomic E-state index is 0.0509. The average Bonchev–Trinajstić information content (AvgIpc) is 2.55. The lowest BCUT2D eigenvalue weighted by Gasteiger charge is -2.42. The minimum atomic E-state index is -0.0672. The van der Waals surface area contributed by atoms with E-state index in [1.54, 1.807) is 0 Å². The van der Waals surface area contributed by atoms with Crippen LogP contribution < -0.4 is 10.6 Å². The maximum absolute atomic E-state index is 12.4. The molecule has 0 radical (unpaired) electrons. The first-order valence-electron chi connectivity index (χ1n) is 9.26. The summed E-state index contributed by atoms with van der Waals surface area (Å²) in [5.41, 5.74) is 2.35. The van der Waals surface area contributed by atoms with Crippen LogP contribution in [0.5, 0.6) is 0 Å². The molecular weight excluding hydrogens is 302 g/mol. The summed E-state index contributed by atoms with van der Waals surface area (Å²) in [6.07, 6.45) is 6.22. The normalized spacial score (nSPS) is 25.6. The standard InChI is InChI=1S/C19H27N3O2/c23-19(20-15-8-10-22(11-9-15)16-5-3-6-16)21-18-13-24-12-14-4-1-2-7-17(14)18/h1-2,4,7,15-16,18H,3,5-6,8-13H2,(H2,20,21,23). The van der Waals surface area contributed by atoms with Gasteiger partial charge in [-0.2, -0.15) is 0 Å². The number of nitrogens with one attached hydrogen (secondary N) is 2. The molecule has 4 rings (SSSR count). The van der Waals surface area contributed by atoms with Gasteiger partial charge in [-0.25, -0.2) is 4.79 Å². The van der Waals surface area contributed by atoms with Crippen LogP contribution in [0.4, 0.5) is 4.79 Å². The molecule has 5 heteroatoms. The van der Waals surface area contributed by atoms with Crippen molar-refractivity contribution in [1.82, 2.24) is 15.5 Å². The van der Waals surface area contributed by atoms with Crippen LogP contribution in [-0.2, 0) is 11.3 Å². The molecule has 1 aromatic rings. The number of hydrogen-bond acceptors (Lipinski definition) is 3. The predicted molar refractivity (Wildman–Crippen MR) is 92.7 cm³/mol. The number of benzene rings is 1. The van der Waals surface area contributed by atoms with E-state index >= 15 is 0 Å². The summed E-state index contributed by atoms with van der Waals surface area (Å²) in [6.45, 7) is 3.41. The molecule has 2 heterocycles. The van der Waals surface area contributed by atoms with Crippen molar-refractivity contribution in [1.29, 1.82) is 0 Å². The van der Waals surface area contributed by atoms with Crippen LogP contribution in [0, 0.1) is 0 Å². The predicted octanol–water partition coefficient (Wildman–Crippen LogP) is 2.57. The van der Waals surface area contributed by atoms with Crippen LogP contribution in [0.15, 0.2) is 24.3 Å². The zero-order valence-electron chi connectivity index (χ0n) is 14.2. The van der Waals surface area contributed by atoms with Gasteiger partial charge < -0.3 is 20.3 Å². The maximum Gasteiger partial charge on any atom is 0.315 e. The molecule has 1 saturated carbocycles. The van der Waals surface area contributed by atoms with E-state index in [4.69, 9.17) is 4.74 Å². The molecule has 1 saturated heterocycles. The molecule has 130 valence electrons. The van der Waals surface area contributed by atoms with E-state index < -0.39 is 0 Å². The number of likely N-dealkylation sites (tertiary alicyclic amines) is 1. The van der Waals surface area contributed by atoms with E-state index in [2.05, 4.69) is 27.7 Å². The summed E-state index contributed by atoms with van der Waals surface area (Å²) in [6, 6.07) is 9.18. The summed E-state index contributed by atoms with van der Waals surface area (Å²) in [5, 5.41) is 6.25. The molecule has 2 N–H and O–H groups in total. The van der Waals surface area contributed by atoms with Crippen molar-refractivity contribution < 1.29 is 9.53 Å². The van der Waals surface area contributed by atoms with Crippen molar-refractivity contribution in [3.63, 3.8) is 0 Å². The Morgan fingerprint density at radius 2 is 1.88 bits per heavy atom. The second-order valence-electron chi connectivity index (χ2n) is 7.28. The highest BCUT2D eigenvalue weighted by Gasteiger charge is 2.29. The van der Waals surface area contributed by atoms with Gasteiger partial charge in [0, 0.05) is 25.2 Å². The van der Waals surface area contributed by atoms with Gasteiger partial charge in [0.1, 0.15) is 0 Å². The number of hydrogen-bond donors (Lipinski definition) is 2. The molecule has 0 bridgehead atoms. The van der Waals surface area contributed by atoms with Gasteiger partial charge in [0.05, 0.1) is 19.3 Å². The van der Waals surface area contributed by atoms with Crippen molar-refractivity contribution in [3.8, 4) is 0 Å². The van der Waals surface area contributed by atoms with Gasteiger partial charge >= 0.3 is 6.03 Å². The van der Waals surface area contributed by atoms with Gasteiger partial charge in [0.15, 0.2) is 0 Å². The van der Waals surface area contributed by atoms with Crippen molar-refractivity contribution in [2.45, 2.75) is 56.8 Å². The Balaban J connectivity index is 1.27. The van der Waals surface area contributed by atoms with Crippen LogP contribution in [0.3, 0.4) is 0 Å². The van der Waals surface area contributed by atoms with E-state index in [0.717, 1.165) is 32.0 Å². The van der Waals surface area contributed by atoms with E-state index in [9.17, 15) is 4.79 Å². The number of amides is 2. The molecule has 2 aliphatic heterocycles. The van der Waals surface area contributed by atoms with E-state index in [-0.39, 0.29) is 12.1 Å². The topological polar surface area (TPSA) is 53.6 Å². The Kier molecular flexibility index (Phi) is 4.72. The van der Waals surface area contributed by atoms with E-state index in [1.165, 1.54) is 30.4 Å². The monoisotopic (exact) mass is 329 g/mol. The Morgan fingerprint density at radius 3 is 2.62 bits per heavy atom. The Bertz CT molecular complexity index is 580. The fraction of sp³-hybridized carbons (Fsp3) is 0.632. The highest BCUT2D eigenvalue weighted by molar-refractivity contribution is 5.75. The number of nitrogens with zero attached hydrogens (tertiary/aromatic N) is 1. The van der Waals surface area contributed by atoms with Crippen LogP contribution in [0.2, 0.25) is 0 Å². The van der Waals surface area contributed by atoms with Gasteiger partial charge in [-0.15, -0.1) is 0 Å². The largest absolute Gasteiger partial charge is 0.374 e. The Hall–Kier alpha value is -1.59. The first kappa shape index (κ1) is 15.9. The van der Waals surface area contributed by atoms with Gasteiger partial charge in [0.2, 0.25) is 0 Å². The maximum atomic E-state index is 12.4. The van der Waals surface area contributed by atoms with Crippen LogP contribution >= 0.6 is 0 Å². The number of piperidine rings is 1. The van der Waals surface area contributed by atoms with Gasteiger partial charge in [-0.1, -0.05) is 30.7 Å². The molecule has 24 heavy (non-hydrogen) atoms. The summed E-state index contributed by atoms with van der Waals surface area (Å²) >= 11 is 0. The summed E-state index contributed by atoms with van der Waals surface area (Å²) in [5.74, 6) is 0. The summed E-state index contributed by atoms with van der Waals surface area (Å²) in [7, 11) is 0. The third kappa shape index (κ3) is 3.42. The van der Waals surface area contributed by atoms with E-state index in [0.29, 0.717) is 19.3 Å². The lowest BCUT2D eigenvalue weighted by molar-refractivity contribution is 0.0822. The molecule has 1 aliphatic carbocycles. The molecule has 1 atom stereocenters. The third-order valence-electron chi connectivity index (χ3n) is 5.73. The van der Waals surface area contributed by atoms with Gasteiger partial charge in [-0.05, 0) is 36.8 Å². The SMILES string of the molecule is O=C(NC1CCN(C2CCC2)CC1)NC1COCc2ccccc21.